The minimum atomic E-state index is 0.953. The predicted octanol–water partition coefficient (Wildman–Crippen LogP) is 5.32. The number of fused-ring (bicyclic) bond motifs is 2. The summed E-state index contributed by atoms with van der Waals surface area (Å²) in [7, 11) is 0. The van der Waals surface area contributed by atoms with Crippen molar-refractivity contribution in [2.45, 2.75) is 83.5 Å². The van der Waals surface area contributed by atoms with E-state index in [-0.39, 0.29) is 0 Å². The van der Waals surface area contributed by atoms with Crippen LogP contribution >= 0.6 is 0 Å². The molecule has 19 heavy (non-hydrogen) atoms. The Kier molecular flexibility index (Phi) is 6.95. The van der Waals surface area contributed by atoms with Crippen LogP contribution in [0.25, 0.3) is 0 Å². The van der Waals surface area contributed by atoms with Crippen LogP contribution in [0.1, 0.15) is 83.5 Å². The summed E-state index contributed by atoms with van der Waals surface area (Å²) in [5, 5.41) is 0. The van der Waals surface area contributed by atoms with Gasteiger partial charge in [0.15, 0.2) is 0 Å². The van der Waals surface area contributed by atoms with Gasteiger partial charge in [-0.05, 0) is 43.9 Å². The van der Waals surface area contributed by atoms with Gasteiger partial charge < -0.3 is 0 Å². The molecule has 2 bridgehead atoms. The number of hydrogen-bond donors (Lipinski definition) is 0. The van der Waals surface area contributed by atoms with Gasteiger partial charge in [0.05, 0.1) is 0 Å². The highest BCUT2D eigenvalue weighted by atomic mass is 14.3. The summed E-state index contributed by atoms with van der Waals surface area (Å²) in [4.78, 5) is 0. The summed E-state index contributed by atoms with van der Waals surface area (Å²) in [5.41, 5.74) is 0. The minimum absolute atomic E-state index is 0.953. The average Bonchev–Trinajstić information content (AvgIpc) is 2.43. The molecule has 0 nitrogen and oxygen atoms in total. The molecule has 2 aliphatic rings. The lowest BCUT2D eigenvalue weighted by molar-refractivity contribution is 0.247. The quantitative estimate of drug-likeness (QED) is 0.514. The largest absolute Gasteiger partial charge is 0.103 e. The van der Waals surface area contributed by atoms with Crippen LogP contribution in [0.4, 0.5) is 0 Å². The summed E-state index contributed by atoms with van der Waals surface area (Å²) >= 11 is 0. The highest BCUT2D eigenvalue weighted by molar-refractivity contribution is 5.01. The molecule has 0 aromatic carbocycles. The van der Waals surface area contributed by atoms with E-state index in [1.165, 1.54) is 57.8 Å². The topological polar surface area (TPSA) is 0 Å². The Morgan fingerprint density at radius 3 is 1.58 bits per heavy atom. The molecule has 0 spiro atoms. The zero-order chi connectivity index (χ0) is 13.2. The second-order valence-corrected chi connectivity index (χ2v) is 6.24. The summed E-state index contributed by atoms with van der Waals surface area (Å²) < 4.78 is 0. The lowest BCUT2D eigenvalue weighted by Crippen LogP contribution is -2.15. The standard InChI is InChI=1S/C19H28/c1-2-4-6-8-10-13-18-15-12-16-19(17-18)14-11-9-7-5-3-1/h18-19H,1-5,10-17H2. The van der Waals surface area contributed by atoms with Gasteiger partial charge in [0.2, 0.25) is 0 Å². The third-order valence-electron chi connectivity index (χ3n) is 4.60. The Morgan fingerprint density at radius 2 is 1.00 bits per heavy atom. The highest BCUT2D eigenvalue weighted by Crippen LogP contribution is 2.34. The molecule has 2 rings (SSSR count). The molecule has 0 N–H and O–H groups in total. The maximum atomic E-state index is 3.39. The van der Waals surface area contributed by atoms with Crippen molar-refractivity contribution in [2.75, 3.05) is 0 Å². The fourth-order valence-corrected chi connectivity index (χ4v) is 3.44. The molecule has 104 valence electrons. The van der Waals surface area contributed by atoms with Gasteiger partial charge in [-0.25, -0.2) is 0 Å². The summed E-state index contributed by atoms with van der Waals surface area (Å²) in [6.07, 6.45) is 16.8. The van der Waals surface area contributed by atoms with E-state index in [1.807, 2.05) is 0 Å². The fraction of sp³-hybridized carbons (Fsp3) is 0.789. The SMILES string of the molecule is C1#CCCC2CCCC(CCC#CCCCCC1)C2. The second kappa shape index (κ2) is 9.09. The van der Waals surface area contributed by atoms with Crippen molar-refractivity contribution >= 4 is 0 Å². The van der Waals surface area contributed by atoms with Gasteiger partial charge in [0.1, 0.15) is 0 Å². The van der Waals surface area contributed by atoms with Crippen molar-refractivity contribution in [1.82, 2.24) is 0 Å². The van der Waals surface area contributed by atoms with Gasteiger partial charge in [0.25, 0.3) is 0 Å². The Morgan fingerprint density at radius 1 is 0.474 bits per heavy atom. The van der Waals surface area contributed by atoms with Gasteiger partial charge in [-0.15, -0.1) is 23.7 Å². The van der Waals surface area contributed by atoms with Crippen LogP contribution in [0.5, 0.6) is 0 Å². The molecule has 2 atom stereocenters. The van der Waals surface area contributed by atoms with Crippen LogP contribution in [0.15, 0.2) is 0 Å². The minimum Gasteiger partial charge on any atom is -0.103 e. The van der Waals surface area contributed by atoms with E-state index in [4.69, 9.17) is 0 Å². The molecule has 1 fully saturated rings. The van der Waals surface area contributed by atoms with Crippen LogP contribution in [0, 0.1) is 35.5 Å². The Balaban J connectivity index is 1.83. The van der Waals surface area contributed by atoms with E-state index < -0.39 is 0 Å². The Bertz CT molecular complexity index is 323. The van der Waals surface area contributed by atoms with Crippen LogP contribution < -0.4 is 0 Å². The van der Waals surface area contributed by atoms with E-state index in [1.54, 1.807) is 0 Å². The molecule has 2 aliphatic carbocycles. The molecule has 0 aliphatic heterocycles. The average molecular weight is 256 g/mol. The smallest absolute Gasteiger partial charge is 0.00913 e. The first-order chi connectivity index (χ1) is 9.45. The monoisotopic (exact) mass is 256 g/mol. The maximum absolute atomic E-state index is 3.39. The first-order valence-corrected chi connectivity index (χ1v) is 8.36. The van der Waals surface area contributed by atoms with Crippen LogP contribution in [-0.4, -0.2) is 0 Å². The van der Waals surface area contributed by atoms with E-state index in [2.05, 4.69) is 23.7 Å². The molecule has 0 heterocycles. The molecule has 0 radical (unpaired) electrons. The lowest BCUT2D eigenvalue weighted by Gasteiger charge is -2.28. The van der Waals surface area contributed by atoms with Crippen LogP contribution in [-0.2, 0) is 0 Å². The summed E-state index contributed by atoms with van der Waals surface area (Å²) in [5.74, 6) is 15.4. The normalized spacial score (nSPS) is 29.5. The third-order valence-corrected chi connectivity index (χ3v) is 4.60. The van der Waals surface area contributed by atoms with E-state index in [9.17, 15) is 0 Å². The molecule has 0 amide bonds. The molecule has 0 heteroatoms. The fourth-order valence-electron chi connectivity index (χ4n) is 3.44. The van der Waals surface area contributed by atoms with Gasteiger partial charge in [0, 0.05) is 25.7 Å². The van der Waals surface area contributed by atoms with Crippen molar-refractivity contribution < 1.29 is 0 Å². The van der Waals surface area contributed by atoms with E-state index in [0.29, 0.717) is 0 Å². The highest BCUT2D eigenvalue weighted by Gasteiger charge is 2.20. The summed E-state index contributed by atoms with van der Waals surface area (Å²) in [6.45, 7) is 0. The molecule has 0 saturated heterocycles. The number of rotatable bonds is 0. The van der Waals surface area contributed by atoms with Crippen LogP contribution in [0.2, 0.25) is 0 Å². The van der Waals surface area contributed by atoms with Crippen molar-refractivity contribution in [3.63, 3.8) is 0 Å². The van der Waals surface area contributed by atoms with Crippen molar-refractivity contribution in [3.8, 4) is 23.7 Å². The second-order valence-electron chi connectivity index (χ2n) is 6.24. The van der Waals surface area contributed by atoms with Gasteiger partial charge in [-0.3, -0.25) is 0 Å². The van der Waals surface area contributed by atoms with Crippen molar-refractivity contribution in [1.29, 1.82) is 0 Å². The molecular weight excluding hydrogens is 228 g/mol. The maximum Gasteiger partial charge on any atom is 0.00913 e. The molecule has 1 saturated carbocycles. The Labute approximate surface area is 119 Å². The number of hydrogen-bond acceptors (Lipinski definition) is 0. The lowest BCUT2D eigenvalue weighted by atomic mass is 9.77. The van der Waals surface area contributed by atoms with Crippen molar-refractivity contribution in [2.24, 2.45) is 11.8 Å². The van der Waals surface area contributed by atoms with E-state index in [0.717, 1.165) is 37.5 Å². The molecule has 2 unspecified atom stereocenters. The first-order valence-electron chi connectivity index (χ1n) is 8.36. The predicted molar refractivity (Wildman–Crippen MR) is 82.6 cm³/mol. The molecule has 0 aromatic heterocycles. The first kappa shape index (κ1) is 14.5. The van der Waals surface area contributed by atoms with Gasteiger partial charge in [-0.2, -0.15) is 0 Å². The van der Waals surface area contributed by atoms with E-state index >= 15 is 0 Å². The van der Waals surface area contributed by atoms with Gasteiger partial charge in [-0.1, -0.05) is 25.7 Å². The Hall–Kier alpha value is -0.880. The van der Waals surface area contributed by atoms with Crippen LogP contribution in [0.3, 0.4) is 0 Å². The third kappa shape index (κ3) is 6.20. The zero-order valence-corrected chi connectivity index (χ0v) is 12.3. The molecular formula is C19H28. The zero-order valence-electron chi connectivity index (χ0n) is 12.3. The van der Waals surface area contributed by atoms with Gasteiger partial charge >= 0.3 is 0 Å². The van der Waals surface area contributed by atoms with Crippen molar-refractivity contribution in [3.05, 3.63) is 0 Å². The molecule has 0 aromatic rings. The summed E-state index contributed by atoms with van der Waals surface area (Å²) in [6, 6.07) is 0.